The molecule has 0 amide bonds. The molecule has 0 radical (unpaired) electrons. The number of benzene rings is 1. The highest BCUT2D eigenvalue weighted by atomic mass is 32.2. The molecule has 2 aromatic rings. The molecule has 0 saturated carbocycles. The molecule has 0 spiro atoms. The highest BCUT2D eigenvalue weighted by Gasteiger charge is 2.19. The molecule has 0 saturated heterocycles. The molecule has 1 aromatic heterocycles. The first kappa shape index (κ1) is 14.4. The van der Waals surface area contributed by atoms with E-state index in [4.69, 9.17) is 5.84 Å². The predicted molar refractivity (Wildman–Crippen MR) is 77.3 cm³/mol. The lowest BCUT2D eigenvalue weighted by Gasteiger charge is -2.10. The van der Waals surface area contributed by atoms with Gasteiger partial charge in [0.1, 0.15) is 0 Å². The summed E-state index contributed by atoms with van der Waals surface area (Å²) in [5, 5.41) is -0.116. The van der Waals surface area contributed by atoms with Gasteiger partial charge < -0.3 is 5.43 Å². The molecular formula is C13H16N4O2S. The minimum atomic E-state index is -3.71. The van der Waals surface area contributed by atoms with Crippen LogP contribution in [0.4, 0.5) is 5.69 Å². The van der Waals surface area contributed by atoms with E-state index < -0.39 is 10.0 Å². The van der Waals surface area contributed by atoms with Crippen LogP contribution in [-0.4, -0.2) is 13.4 Å². The number of aryl methyl sites for hydroxylation is 1. The quantitative estimate of drug-likeness (QED) is 0.567. The van der Waals surface area contributed by atoms with Gasteiger partial charge in [-0.2, -0.15) is 0 Å². The Hall–Kier alpha value is -1.96. The summed E-state index contributed by atoms with van der Waals surface area (Å²) in [6.07, 6.45) is 1.40. The maximum atomic E-state index is 12.2. The third-order valence-electron chi connectivity index (χ3n) is 2.77. The molecule has 0 aliphatic rings. The predicted octanol–water partition coefficient (Wildman–Crippen LogP) is 1.15. The summed E-state index contributed by atoms with van der Waals surface area (Å²) in [7, 11) is -3.71. The summed E-state index contributed by atoms with van der Waals surface area (Å²) < 4.78 is 26.9. The largest absolute Gasteiger partial charge is 0.321 e. The molecule has 0 fully saturated rings. The minimum absolute atomic E-state index is 0.116. The number of nitrogen functional groups attached to an aromatic ring is 1. The number of nitrogens with zero attached hydrogens (tertiary/aromatic N) is 1. The van der Waals surface area contributed by atoms with Crippen molar-refractivity contribution in [3.8, 4) is 0 Å². The number of rotatable bonds is 5. The SMILES string of the molecule is Cc1ccc(CNS(=O)(=O)c2ncccc2NN)cc1. The van der Waals surface area contributed by atoms with Gasteiger partial charge in [-0.3, -0.25) is 5.84 Å². The van der Waals surface area contributed by atoms with Crippen LogP contribution in [-0.2, 0) is 16.6 Å². The van der Waals surface area contributed by atoms with Crippen molar-refractivity contribution >= 4 is 15.7 Å². The van der Waals surface area contributed by atoms with Gasteiger partial charge in [0.2, 0.25) is 0 Å². The van der Waals surface area contributed by atoms with Gasteiger partial charge >= 0.3 is 0 Å². The van der Waals surface area contributed by atoms with Gasteiger partial charge in [0.15, 0.2) is 5.03 Å². The Balaban J connectivity index is 2.17. The summed E-state index contributed by atoms with van der Waals surface area (Å²) in [5.74, 6) is 5.29. The fraction of sp³-hybridized carbons (Fsp3) is 0.154. The molecule has 6 nitrogen and oxygen atoms in total. The average Bonchev–Trinajstić information content (AvgIpc) is 2.46. The smallest absolute Gasteiger partial charge is 0.260 e. The van der Waals surface area contributed by atoms with Crippen molar-refractivity contribution in [3.05, 3.63) is 53.7 Å². The molecule has 20 heavy (non-hydrogen) atoms. The van der Waals surface area contributed by atoms with Crippen molar-refractivity contribution in [1.29, 1.82) is 0 Å². The summed E-state index contributed by atoms with van der Waals surface area (Å²) in [6.45, 7) is 2.17. The van der Waals surface area contributed by atoms with Crippen LogP contribution < -0.4 is 16.0 Å². The summed E-state index contributed by atoms with van der Waals surface area (Å²) in [5.41, 5.74) is 4.57. The second-order valence-corrected chi connectivity index (χ2v) is 5.99. The van der Waals surface area contributed by atoms with E-state index >= 15 is 0 Å². The van der Waals surface area contributed by atoms with E-state index in [1.165, 1.54) is 6.20 Å². The summed E-state index contributed by atoms with van der Waals surface area (Å²) >= 11 is 0. The number of hydrogen-bond acceptors (Lipinski definition) is 5. The normalized spacial score (nSPS) is 11.3. The molecule has 7 heteroatoms. The Bertz CT molecular complexity index is 684. The number of anilines is 1. The van der Waals surface area contributed by atoms with Gasteiger partial charge in [-0.05, 0) is 24.6 Å². The zero-order valence-electron chi connectivity index (χ0n) is 11.0. The Labute approximate surface area is 118 Å². The van der Waals surface area contributed by atoms with Gasteiger partial charge in [-0.1, -0.05) is 29.8 Å². The molecule has 4 N–H and O–H groups in total. The third kappa shape index (κ3) is 3.32. The number of hydrazine groups is 1. The third-order valence-corrected chi connectivity index (χ3v) is 4.13. The van der Waals surface area contributed by atoms with E-state index in [1.54, 1.807) is 12.1 Å². The highest BCUT2D eigenvalue weighted by molar-refractivity contribution is 7.89. The Morgan fingerprint density at radius 1 is 1.20 bits per heavy atom. The van der Waals surface area contributed by atoms with Crippen LogP contribution in [0.2, 0.25) is 0 Å². The number of aromatic nitrogens is 1. The van der Waals surface area contributed by atoms with E-state index in [0.29, 0.717) is 0 Å². The number of pyridine rings is 1. The van der Waals surface area contributed by atoms with E-state index in [2.05, 4.69) is 15.1 Å². The van der Waals surface area contributed by atoms with Crippen molar-refractivity contribution in [2.24, 2.45) is 5.84 Å². The lowest BCUT2D eigenvalue weighted by molar-refractivity contribution is 0.578. The number of hydrogen-bond donors (Lipinski definition) is 3. The lowest BCUT2D eigenvalue weighted by Crippen LogP contribution is -2.26. The first-order valence-corrected chi connectivity index (χ1v) is 7.48. The highest BCUT2D eigenvalue weighted by Crippen LogP contribution is 2.16. The van der Waals surface area contributed by atoms with Crippen LogP contribution in [0.15, 0.2) is 47.6 Å². The molecule has 106 valence electrons. The Morgan fingerprint density at radius 3 is 2.55 bits per heavy atom. The standard InChI is InChI=1S/C13H16N4O2S/c1-10-4-6-11(7-5-10)9-16-20(18,19)13-12(17-14)3-2-8-15-13/h2-8,16-17H,9,14H2,1H3. The van der Waals surface area contributed by atoms with Crippen molar-refractivity contribution in [2.45, 2.75) is 18.5 Å². The lowest BCUT2D eigenvalue weighted by atomic mass is 10.2. The number of nitrogens with two attached hydrogens (primary N) is 1. The topological polar surface area (TPSA) is 97.1 Å². The molecule has 0 unspecified atom stereocenters. The number of sulfonamides is 1. The number of nitrogens with one attached hydrogen (secondary N) is 2. The molecular weight excluding hydrogens is 276 g/mol. The summed E-state index contributed by atoms with van der Waals surface area (Å²) in [4.78, 5) is 3.85. The fourth-order valence-electron chi connectivity index (χ4n) is 1.67. The second-order valence-electron chi connectivity index (χ2n) is 4.31. The van der Waals surface area contributed by atoms with Crippen molar-refractivity contribution in [1.82, 2.24) is 9.71 Å². The summed E-state index contributed by atoms with van der Waals surface area (Å²) in [6, 6.07) is 10.8. The zero-order chi connectivity index (χ0) is 14.6. The van der Waals surface area contributed by atoms with Gasteiger partial charge in [0, 0.05) is 12.7 Å². The minimum Gasteiger partial charge on any atom is -0.321 e. The molecule has 0 aliphatic carbocycles. The average molecular weight is 292 g/mol. The van der Waals surface area contributed by atoms with Gasteiger partial charge in [-0.25, -0.2) is 18.1 Å². The molecule has 1 aromatic carbocycles. The van der Waals surface area contributed by atoms with Crippen LogP contribution in [0.3, 0.4) is 0 Å². The van der Waals surface area contributed by atoms with Crippen LogP contribution in [0.1, 0.15) is 11.1 Å². The van der Waals surface area contributed by atoms with Gasteiger partial charge in [0.05, 0.1) is 5.69 Å². The molecule has 1 heterocycles. The van der Waals surface area contributed by atoms with Gasteiger partial charge in [0.25, 0.3) is 10.0 Å². The maximum Gasteiger partial charge on any atom is 0.260 e. The van der Waals surface area contributed by atoms with Crippen molar-refractivity contribution in [3.63, 3.8) is 0 Å². The Kier molecular flexibility index (Phi) is 4.33. The maximum absolute atomic E-state index is 12.2. The van der Waals surface area contributed by atoms with Crippen molar-refractivity contribution in [2.75, 3.05) is 5.43 Å². The Morgan fingerprint density at radius 2 is 1.90 bits per heavy atom. The van der Waals surface area contributed by atoms with Crippen molar-refractivity contribution < 1.29 is 8.42 Å². The fourth-order valence-corrected chi connectivity index (χ4v) is 2.78. The molecule has 0 aliphatic heterocycles. The van der Waals surface area contributed by atoms with Crippen LogP contribution in [0.5, 0.6) is 0 Å². The van der Waals surface area contributed by atoms with Crippen LogP contribution in [0, 0.1) is 6.92 Å². The second kappa shape index (κ2) is 6.00. The first-order chi connectivity index (χ1) is 9.53. The van der Waals surface area contributed by atoms with E-state index in [1.807, 2.05) is 31.2 Å². The van der Waals surface area contributed by atoms with E-state index in [0.717, 1.165) is 11.1 Å². The molecule has 2 rings (SSSR count). The van der Waals surface area contributed by atoms with Crippen LogP contribution in [0.25, 0.3) is 0 Å². The van der Waals surface area contributed by atoms with E-state index in [9.17, 15) is 8.42 Å². The van der Waals surface area contributed by atoms with E-state index in [-0.39, 0.29) is 17.3 Å². The monoisotopic (exact) mass is 292 g/mol. The first-order valence-electron chi connectivity index (χ1n) is 6.00. The molecule has 0 bridgehead atoms. The molecule has 0 atom stereocenters. The zero-order valence-corrected chi connectivity index (χ0v) is 11.8. The van der Waals surface area contributed by atoms with Gasteiger partial charge in [-0.15, -0.1) is 0 Å². The van der Waals surface area contributed by atoms with Crippen LogP contribution >= 0.6 is 0 Å².